The molecule has 0 radical (unpaired) electrons. The Morgan fingerprint density at radius 2 is 1.68 bits per heavy atom. The zero-order valence-electron chi connectivity index (χ0n) is 11.2. The van der Waals surface area contributed by atoms with Gasteiger partial charge < -0.3 is 20.1 Å². The van der Waals surface area contributed by atoms with Crippen molar-refractivity contribution in [1.82, 2.24) is 5.32 Å². The number of rotatable bonds is 2. The molecule has 3 rings (SSSR count). The van der Waals surface area contributed by atoms with Crippen LogP contribution in [0.15, 0.2) is 12.1 Å². The minimum atomic E-state index is -0.274. The number of methoxy groups -OCH3 is 2. The molecule has 102 valence electrons. The first-order valence-electron chi connectivity index (χ1n) is 6.54. The largest absolute Gasteiger partial charge is 0.493 e. The molecular formula is C14H18N2O3. The third kappa shape index (κ3) is 1.89. The predicted octanol–water partition coefficient (Wildman–Crippen LogP) is 2.13. The lowest BCUT2D eigenvalue weighted by Crippen LogP contribution is -2.55. The minimum Gasteiger partial charge on any atom is -0.493 e. The fourth-order valence-corrected chi connectivity index (χ4v) is 2.97. The Morgan fingerprint density at radius 1 is 1.05 bits per heavy atom. The molecule has 0 aromatic heterocycles. The summed E-state index contributed by atoms with van der Waals surface area (Å²) in [6.45, 7) is 0. The summed E-state index contributed by atoms with van der Waals surface area (Å²) in [5.41, 5.74) is 1.16. The lowest BCUT2D eigenvalue weighted by molar-refractivity contribution is 0.0902. The summed E-state index contributed by atoms with van der Waals surface area (Å²) in [5, 5.41) is 6.55. The van der Waals surface area contributed by atoms with Crippen LogP contribution < -0.4 is 20.1 Å². The first kappa shape index (κ1) is 12.1. The number of carbonyl (C=O) groups is 1. The van der Waals surface area contributed by atoms with Crippen LogP contribution in [-0.4, -0.2) is 25.8 Å². The summed E-state index contributed by atoms with van der Waals surface area (Å²) in [4.78, 5) is 12.3. The van der Waals surface area contributed by atoms with Crippen LogP contribution in [0.25, 0.3) is 0 Å². The van der Waals surface area contributed by atoms with E-state index in [4.69, 9.17) is 9.47 Å². The van der Waals surface area contributed by atoms with Crippen molar-refractivity contribution in [2.75, 3.05) is 19.5 Å². The number of nitrogens with one attached hydrogen (secondary N) is 2. The monoisotopic (exact) mass is 262 g/mol. The lowest BCUT2D eigenvalue weighted by atomic mass is 10.00. The van der Waals surface area contributed by atoms with Crippen molar-refractivity contribution >= 4 is 11.6 Å². The van der Waals surface area contributed by atoms with Crippen LogP contribution in [0, 0.1) is 0 Å². The molecule has 1 spiro atoms. The molecule has 1 aliphatic heterocycles. The van der Waals surface area contributed by atoms with Crippen LogP contribution in [0.2, 0.25) is 0 Å². The molecule has 0 saturated heterocycles. The number of hydrogen-bond acceptors (Lipinski definition) is 4. The molecule has 1 aromatic carbocycles. The van der Waals surface area contributed by atoms with E-state index in [1.807, 2.05) is 6.07 Å². The Morgan fingerprint density at radius 3 is 2.32 bits per heavy atom. The molecule has 1 saturated carbocycles. The van der Waals surface area contributed by atoms with Gasteiger partial charge in [0.25, 0.3) is 5.91 Å². The van der Waals surface area contributed by atoms with Crippen LogP contribution in [0.3, 0.4) is 0 Å². The highest BCUT2D eigenvalue weighted by Crippen LogP contribution is 2.40. The molecule has 0 atom stereocenters. The molecule has 2 N–H and O–H groups in total. The van der Waals surface area contributed by atoms with Gasteiger partial charge in [0.1, 0.15) is 5.66 Å². The van der Waals surface area contributed by atoms with Crippen molar-refractivity contribution in [3.8, 4) is 11.5 Å². The van der Waals surface area contributed by atoms with Crippen LogP contribution in [-0.2, 0) is 0 Å². The third-order valence-electron chi connectivity index (χ3n) is 3.95. The number of benzene rings is 1. The Bertz CT molecular complexity index is 522. The third-order valence-corrected chi connectivity index (χ3v) is 3.95. The summed E-state index contributed by atoms with van der Waals surface area (Å²) < 4.78 is 10.5. The van der Waals surface area contributed by atoms with Gasteiger partial charge in [-0.1, -0.05) is 0 Å². The van der Waals surface area contributed by atoms with E-state index in [1.54, 1.807) is 20.3 Å². The van der Waals surface area contributed by atoms with E-state index in [1.165, 1.54) is 0 Å². The average molecular weight is 262 g/mol. The van der Waals surface area contributed by atoms with Crippen LogP contribution in [0.5, 0.6) is 11.5 Å². The van der Waals surface area contributed by atoms with Gasteiger partial charge in [-0.3, -0.25) is 4.79 Å². The minimum absolute atomic E-state index is 0.0448. The van der Waals surface area contributed by atoms with Crippen molar-refractivity contribution in [2.45, 2.75) is 31.3 Å². The maximum atomic E-state index is 12.3. The van der Waals surface area contributed by atoms with Gasteiger partial charge in [0.2, 0.25) is 0 Å². The molecule has 2 aliphatic rings. The summed E-state index contributed by atoms with van der Waals surface area (Å²) in [6.07, 6.45) is 4.20. The Balaban J connectivity index is 2.04. The van der Waals surface area contributed by atoms with E-state index < -0.39 is 0 Å². The first-order chi connectivity index (χ1) is 9.17. The number of carbonyl (C=O) groups excluding carboxylic acids is 1. The van der Waals surface area contributed by atoms with Crippen molar-refractivity contribution in [1.29, 1.82) is 0 Å². The molecule has 5 nitrogen and oxygen atoms in total. The van der Waals surface area contributed by atoms with Gasteiger partial charge >= 0.3 is 0 Å². The Labute approximate surface area is 112 Å². The van der Waals surface area contributed by atoms with Crippen LogP contribution in [0.1, 0.15) is 36.0 Å². The van der Waals surface area contributed by atoms with E-state index in [2.05, 4.69) is 10.6 Å². The maximum absolute atomic E-state index is 12.3. The zero-order chi connectivity index (χ0) is 13.5. The van der Waals surface area contributed by atoms with Gasteiger partial charge in [-0.25, -0.2) is 0 Å². The average Bonchev–Trinajstić information content (AvgIpc) is 2.85. The summed E-state index contributed by atoms with van der Waals surface area (Å²) in [5.74, 6) is 1.16. The topological polar surface area (TPSA) is 59.6 Å². The summed E-state index contributed by atoms with van der Waals surface area (Å²) >= 11 is 0. The van der Waals surface area contributed by atoms with Crippen LogP contribution in [0.4, 0.5) is 5.69 Å². The quantitative estimate of drug-likeness (QED) is 0.857. The van der Waals surface area contributed by atoms with E-state index >= 15 is 0 Å². The highest BCUT2D eigenvalue weighted by atomic mass is 16.5. The zero-order valence-corrected chi connectivity index (χ0v) is 11.2. The van der Waals surface area contributed by atoms with Gasteiger partial charge in [-0.2, -0.15) is 0 Å². The van der Waals surface area contributed by atoms with E-state index in [0.29, 0.717) is 17.1 Å². The first-order valence-corrected chi connectivity index (χ1v) is 6.54. The molecule has 1 fully saturated rings. The summed E-state index contributed by atoms with van der Waals surface area (Å²) in [6, 6.07) is 3.56. The molecule has 0 bridgehead atoms. The molecule has 1 amide bonds. The fourth-order valence-electron chi connectivity index (χ4n) is 2.97. The smallest absolute Gasteiger partial charge is 0.255 e. The fraction of sp³-hybridized carbons (Fsp3) is 0.500. The van der Waals surface area contributed by atoms with E-state index in [0.717, 1.165) is 31.4 Å². The van der Waals surface area contributed by atoms with Gasteiger partial charge in [-0.15, -0.1) is 0 Å². The summed E-state index contributed by atoms with van der Waals surface area (Å²) in [7, 11) is 3.16. The Kier molecular flexibility index (Phi) is 2.77. The normalized spacial score (nSPS) is 19.6. The van der Waals surface area contributed by atoms with E-state index in [9.17, 15) is 4.79 Å². The number of ether oxygens (including phenoxy) is 2. The SMILES string of the molecule is COc1cc2c(cc1OC)C(=O)NC1(CCCC1)N2. The maximum Gasteiger partial charge on any atom is 0.255 e. The van der Waals surface area contributed by atoms with Gasteiger partial charge in [0.15, 0.2) is 11.5 Å². The standard InChI is InChI=1S/C14H18N2O3/c1-18-11-7-9-10(8-12(11)19-2)15-14(16-13(9)17)5-3-4-6-14/h7-8,15H,3-6H2,1-2H3,(H,16,17). The second-order valence-corrected chi connectivity index (χ2v) is 5.12. The van der Waals surface area contributed by atoms with Crippen LogP contribution >= 0.6 is 0 Å². The van der Waals surface area contributed by atoms with Gasteiger partial charge in [-0.05, 0) is 31.7 Å². The highest BCUT2D eigenvalue weighted by Gasteiger charge is 2.40. The molecule has 1 aromatic rings. The number of anilines is 1. The van der Waals surface area contributed by atoms with Crippen molar-refractivity contribution in [3.63, 3.8) is 0 Å². The molecule has 1 aliphatic carbocycles. The second-order valence-electron chi connectivity index (χ2n) is 5.12. The van der Waals surface area contributed by atoms with Crippen molar-refractivity contribution in [2.24, 2.45) is 0 Å². The predicted molar refractivity (Wildman–Crippen MR) is 71.8 cm³/mol. The number of hydrogen-bond donors (Lipinski definition) is 2. The lowest BCUT2D eigenvalue weighted by Gasteiger charge is -2.37. The van der Waals surface area contributed by atoms with Gasteiger partial charge in [0.05, 0.1) is 25.5 Å². The molecule has 19 heavy (non-hydrogen) atoms. The number of fused-ring (bicyclic) bond motifs is 1. The van der Waals surface area contributed by atoms with Crippen molar-refractivity contribution < 1.29 is 14.3 Å². The van der Waals surface area contributed by atoms with Gasteiger partial charge in [0, 0.05) is 6.07 Å². The molecule has 1 heterocycles. The molecular weight excluding hydrogens is 244 g/mol. The molecule has 0 unspecified atom stereocenters. The van der Waals surface area contributed by atoms with Crippen molar-refractivity contribution in [3.05, 3.63) is 17.7 Å². The highest BCUT2D eigenvalue weighted by molar-refractivity contribution is 6.03. The second kappa shape index (κ2) is 4.33. The molecule has 5 heteroatoms. The van der Waals surface area contributed by atoms with E-state index in [-0.39, 0.29) is 11.6 Å². The Hall–Kier alpha value is -1.91. The number of amides is 1.